The molecule has 0 saturated carbocycles. The van der Waals surface area contributed by atoms with Crippen LogP contribution in [0.5, 0.6) is 0 Å². The fourth-order valence-electron chi connectivity index (χ4n) is 1.94. The van der Waals surface area contributed by atoms with Crippen LogP contribution < -0.4 is 10.6 Å². The molecule has 1 rings (SSSR count). The van der Waals surface area contributed by atoms with Crippen LogP contribution >= 0.6 is 0 Å². The zero-order valence-corrected chi connectivity index (χ0v) is 14.2. The van der Waals surface area contributed by atoms with Gasteiger partial charge in [0.1, 0.15) is 18.4 Å². The van der Waals surface area contributed by atoms with Crippen molar-refractivity contribution >= 4 is 12.0 Å². The van der Waals surface area contributed by atoms with E-state index in [9.17, 15) is 9.59 Å². The van der Waals surface area contributed by atoms with E-state index in [0.29, 0.717) is 12.8 Å². The lowest BCUT2D eigenvalue weighted by atomic mass is 10.0. The third-order valence-corrected chi connectivity index (χ3v) is 2.96. The Morgan fingerprint density at radius 3 is 2.39 bits per heavy atom. The van der Waals surface area contributed by atoms with Gasteiger partial charge in [-0.15, -0.1) is 0 Å². The Hall–Kier alpha value is -2.08. The molecule has 0 unspecified atom stereocenters. The van der Waals surface area contributed by atoms with Gasteiger partial charge < -0.3 is 20.1 Å². The molecule has 23 heavy (non-hydrogen) atoms. The summed E-state index contributed by atoms with van der Waals surface area (Å²) in [6, 6.07) is 9.11. The van der Waals surface area contributed by atoms with Crippen LogP contribution in [0.1, 0.15) is 32.8 Å². The number of alkyl carbamates (subject to hydrolysis) is 1. The van der Waals surface area contributed by atoms with Gasteiger partial charge in [-0.3, -0.25) is 4.79 Å². The van der Waals surface area contributed by atoms with Crippen LogP contribution in [0, 0.1) is 0 Å². The first-order chi connectivity index (χ1) is 10.8. The molecule has 0 heterocycles. The number of methoxy groups -OCH3 is 1. The standard InChI is InChI=1S/C17H26N2O4/c1-17(2,3)23-16(21)19-14(15(20)18-12-22-4)11-10-13-8-6-5-7-9-13/h5-9,14H,10-12H2,1-4H3,(H,18,20)(H,19,21)/t14-/m1/s1. The molecule has 1 atom stereocenters. The molecular formula is C17H26N2O4. The maximum Gasteiger partial charge on any atom is 0.408 e. The third kappa shape index (κ3) is 8.21. The summed E-state index contributed by atoms with van der Waals surface area (Å²) in [5, 5.41) is 5.23. The van der Waals surface area contributed by atoms with E-state index in [2.05, 4.69) is 10.6 Å². The van der Waals surface area contributed by atoms with Gasteiger partial charge >= 0.3 is 6.09 Å². The minimum absolute atomic E-state index is 0.0939. The van der Waals surface area contributed by atoms with Crippen LogP contribution in [0.15, 0.2) is 30.3 Å². The van der Waals surface area contributed by atoms with Crippen LogP contribution in [0.25, 0.3) is 0 Å². The van der Waals surface area contributed by atoms with Crippen molar-refractivity contribution in [2.24, 2.45) is 0 Å². The van der Waals surface area contributed by atoms with E-state index >= 15 is 0 Å². The minimum Gasteiger partial charge on any atom is -0.444 e. The second kappa shape index (κ2) is 9.15. The molecule has 0 fully saturated rings. The average Bonchev–Trinajstić information content (AvgIpc) is 2.48. The zero-order chi connectivity index (χ0) is 17.3. The second-order valence-corrected chi connectivity index (χ2v) is 6.20. The first-order valence-electron chi connectivity index (χ1n) is 7.62. The smallest absolute Gasteiger partial charge is 0.408 e. The second-order valence-electron chi connectivity index (χ2n) is 6.20. The number of carbonyl (C=O) groups excluding carboxylic acids is 2. The quantitative estimate of drug-likeness (QED) is 0.755. The van der Waals surface area contributed by atoms with Crippen molar-refractivity contribution in [1.82, 2.24) is 10.6 Å². The molecule has 6 heteroatoms. The molecule has 0 aliphatic rings. The topological polar surface area (TPSA) is 76.7 Å². The SMILES string of the molecule is COCNC(=O)[C@@H](CCc1ccccc1)NC(=O)OC(C)(C)C. The lowest BCUT2D eigenvalue weighted by molar-refractivity contribution is -0.124. The van der Waals surface area contributed by atoms with Crippen molar-refractivity contribution in [2.75, 3.05) is 13.8 Å². The Labute approximate surface area is 137 Å². The summed E-state index contributed by atoms with van der Waals surface area (Å²) in [5.41, 5.74) is 0.486. The van der Waals surface area contributed by atoms with Crippen LogP contribution in [0.3, 0.4) is 0 Å². The molecule has 0 aliphatic heterocycles. The van der Waals surface area contributed by atoms with Crippen molar-refractivity contribution in [3.8, 4) is 0 Å². The number of aryl methyl sites for hydroxylation is 1. The summed E-state index contributed by atoms with van der Waals surface area (Å²) < 4.78 is 10.0. The van der Waals surface area contributed by atoms with E-state index in [1.54, 1.807) is 20.8 Å². The highest BCUT2D eigenvalue weighted by Gasteiger charge is 2.24. The number of rotatable bonds is 7. The number of carbonyl (C=O) groups is 2. The monoisotopic (exact) mass is 322 g/mol. The Bertz CT molecular complexity index is 497. The predicted octanol–water partition coefficient (Wildman–Crippen LogP) is 2.23. The number of amides is 2. The van der Waals surface area contributed by atoms with E-state index in [1.165, 1.54) is 7.11 Å². The van der Waals surface area contributed by atoms with Crippen molar-refractivity contribution in [3.63, 3.8) is 0 Å². The van der Waals surface area contributed by atoms with Gasteiger partial charge in [-0.2, -0.15) is 0 Å². The van der Waals surface area contributed by atoms with E-state index in [-0.39, 0.29) is 12.6 Å². The molecule has 0 bridgehead atoms. The summed E-state index contributed by atoms with van der Waals surface area (Å²) in [6.45, 7) is 5.42. The highest BCUT2D eigenvalue weighted by atomic mass is 16.6. The fraction of sp³-hybridized carbons (Fsp3) is 0.529. The van der Waals surface area contributed by atoms with E-state index in [1.807, 2.05) is 30.3 Å². The Morgan fingerprint density at radius 1 is 1.17 bits per heavy atom. The molecule has 2 N–H and O–H groups in total. The zero-order valence-electron chi connectivity index (χ0n) is 14.2. The van der Waals surface area contributed by atoms with Crippen molar-refractivity contribution in [2.45, 2.75) is 45.3 Å². The van der Waals surface area contributed by atoms with Crippen molar-refractivity contribution < 1.29 is 19.1 Å². The summed E-state index contributed by atoms with van der Waals surface area (Å²) in [6.07, 6.45) is 0.531. The molecular weight excluding hydrogens is 296 g/mol. The van der Waals surface area contributed by atoms with Crippen LogP contribution in [-0.2, 0) is 20.7 Å². The maximum atomic E-state index is 12.2. The highest BCUT2D eigenvalue weighted by molar-refractivity contribution is 5.85. The summed E-state index contributed by atoms with van der Waals surface area (Å²) in [7, 11) is 1.49. The normalized spacial score (nSPS) is 12.3. The average molecular weight is 322 g/mol. The van der Waals surface area contributed by atoms with Gasteiger partial charge in [0.15, 0.2) is 0 Å². The van der Waals surface area contributed by atoms with Crippen molar-refractivity contribution in [3.05, 3.63) is 35.9 Å². The van der Waals surface area contributed by atoms with Gasteiger partial charge in [-0.25, -0.2) is 4.79 Å². The molecule has 1 aromatic carbocycles. The molecule has 1 aromatic rings. The maximum absolute atomic E-state index is 12.2. The number of hydrogen-bond donors (Lipinski definition) is 2. The van der Waals surface area contributed by atoms with Gasteiger partial charge in [-0.05, 0) is 39.2 Å². The Balaban J connectivity index is 2.64. The van der Waals surface area contributed by atoms with Gasteiger partial charge in [0.25, 0.3) is 0 Å². The van der Waals surface area contributed by atoms with Gasteiger partial charge in [-0.1, -0.05) is 30.3 Å². The molecule has 0 aromatic heterocycles. The third-order valence-electron chi connectivity index (χ3n) is 2.96. The molecule has 0 radical (unpaired) electrons. The van der Waals surface area contributed by atoms with E-state index < -0.39 is 17.7 Å². The van der Waals surface area contributed by atoms with Gasteiger partial charge in [0, 0.05) is 7.11 Å². The van der Waals surface area contributed by atoms with Crippen molar-refractivity contribution in [1.29, 1.82) is 0 Å². The Morgan fingerprint density at radius 2 is 1.83 bits per heavy atom. The molecule has 128 valence electrons. The molecule has 0 saturated heterocycles. The predicted molar refractivity (Wildman–Crippen MR) is 87.9 cm³/mol. The number of nitrogens with one attached hydrogen (secondary N) is 2. The van der Waals surface area contributed by atoms with E-state index in [4.69, 9.17) is 9.47 Å². The van der Waals surface area contributed by atoms with Gasteiger partial charge in [0.05, 0.1) is 0 Å². The molecule has 0 spiro atoms. The number of hydrogen-bond acceptors (Lipinski definition) is 4. The molecule has 6 nitrogen and oxygen atoms in total. The lowest BCUT2D eigenvalue weighted by Gasteiger charge is -2.23. The lowest BCUT2D eigenvalue weighted by Crippen LogP contribution is -2.48. The number of benzene rings is 1. The molecule has 0 aliphatic carbocycles. The first kappa shape index (κ1) is 19.0. The summed E-state index contributed by atoms with van der Waals surface area (Å²) in [5.74, 6) is -0.298. The van der Waals surface area contributed by atoms with Gasteiger partial charge in [0.2, 0.25) is 5.91 Å². The molecule has 2 amide bonds. The fourth-order valence-corrected chi connectivity index (χ4v) is 1.94. The summed E-state index contributed by atoms with van der Waals surface area (Å²) in [4.78, 5) is 24.1. The van der Waals surface area contributed by atoms with Crippen LogP contribution in [0.2, 0.25) is 0 Å². The van der Waals surface area contributed by atoms with Crippen LogP contribution in [-0.4, -0.2) is 37.5 Å². The van der Waals surface area contributed by atoms with Crippen LogP contribution in [0.4, 0.5) is 4.79 Å². The highest BCUT2D eigenvalue weighted by Crippen LogP contribution is 2.09. The summed E-state index contributed by atoms with van der Waals surface area (Å²) >= 11 is 0. The minimum atomic E-state index is -0.680. The largest absolute Gasteiger partial charge is 0.444 e. The Kier molecular flexibility index (Phi) is 7.54. The van der Waals surface area contributed by atoms with E-state index in [0.717, 1.165) is 5.56 Å². The first-order valence-corrected chi connectivity index (χ1v) is 7.62. The number of ether oxygens (including phenoxy) is 2.